The Morgan fingerprint density at radius 2 is 0.955 bits per heavy atom. The second kappa shape index (κ2) is 13.4. The maximum atomic E-state index is 10.5. The van der Waals surface area contributed by atoms with E-state index >= 15 is 0 Å². The first-order chi connectivity index (χ1) is 20.9. The maximum absolute atomic E-state index is 10.5. The predicted molar refractivity (Wildman–Crippen MR) is 167 cm³/mol. The van der Waals surface area contributed by atoms with Crippen molar-refractivity contribution in [1.29, 1.82) is 5.26 Å². The molecule has 0 aliphatic carbocycles. The molecule has 1 atom stereocenters. The summed E-state index contributed by atoms with van der Waals surface area (Å²) < 4.78 is 12.7. The van der Waals surface area contributed by atoms with Gasteiger partial charge in [-0.05, 0) is 124 Å². The summed E-state index contributed by atoms with van der Waals surface area (Å²) >= 11 is 0. The number of benzene rings is 4. The highest BCUT2D eigenvalue weighted by molar-refractivity contribution is 5.54. The summed E-state index contributed by atoms with van der Waals surface area (Å²) in [6.45, 7) is 17.9. The number of hydrogen-bond acceptors (Lipinski definition) is 8. The van der Waals surface area contributed by atoms with Crippen LogP contribution in [-0.4, -0.2) is 6.08 Å². The van der Waals surface area contributed by atoms with Gasteiger partial charge in [-0.2, -0.15) is 0 Å². The van der Waals surface area contributed by atoms with Crippen LogP contribution in [-0.2, 0) is 9.68 Å². The number of isocyanates is 1. The molecule has 44 heavy (non-hydrogen) atoms. The highest BCUT2D eigenvalue weighted by Crippen LogP contribution is 2.39. The third kappa shape index (κ3) is 6.86. The topological polar surface area (TPSA) is 99.4 Å². The third-order valence-electron chi connectivity index (χ3n) is 7.61. The molecule has 0 spiro atoms. The van der Waals surface area contributed by atoms with Crippen molar-refractivity contribution < 1.29 is 28.9 Å². The standard InChI is InChI=1S/C36H36N2O6/c1-20-10-29(11-21(2)33(20)41-31-14-24(5)35(25(6)15-31)43-38-19-39)28(9)30-12-22(3)34(23(4)13-30)42-32-16-26(7)36(27(8)17-32)44-40-18-37/h10-17,28H,1-9H3. The third-order valence-corrected chi connectivity index (χ3v) is 7.61. The number of rotatable bonds is 10. The minimum absolute atomic E-state index is 0.133. The van der Waals surface area contributed by atoms with E-state index in [1.165, 1.54) is 23.5 Å². The van der Waals surface area contributed by atoms with E-state index in [1.807, 2.05) is 52.0 Å². The molecule has 8 nitrogen and oxygen atoms in total. The van der Waals surface area contributed by atoms with Crippen molar-refractivity contribution in [2.24, 2.45) is 5.16 Å². The van der Waals surface area contributed by atoms with Gasteiger partial charge in [-0.15, -0.1) is 5.26 Å². The quantitative estimate of drug-likeness (QED) is 0.0595. The van der Waals surface area contributed by atoms with Crippen LogP contribution >= 0.6 is 0 Å². The Morgan fingerprint density at radius 1 is 0.591 bits per heavy atom. The Labute approximate surface area is 258 Å². The fraction of sp³-hybridized carbons (Fsp3) is 0.278. The van der Waals surface area contributed by atoms with Gasteiger partial charge in [0.25, 0.3) is 6.08 Å². The highest BCUT2D eigenvalue weighted by atomic mass is 17.2. The summed E-state index contributed by atoms with van der Waals surface area (Å²) in [5, 5.41) is 11.9. The van der Waals surface area contributed by atoms with Crippen LogP contribution in [0.2, 0.25) is 0 Å². The molecule has 0 N–H and O–H groups in total. The number of hydrogen-bond donors (Lipinski definition) is 0. The Morgan fingerprint density at radius 3 is 1.32 bits per heavy atom. The SMILES string of the molecule is Cc1cc(Oc2c(C)cc(C(C)c3cc(C)c(Oc4cc(C)c(OOC#N)c(C)c4)c(C)c3)cc2C)cc(C)c1ON=C=O. The molecule has 0 saturated carbocycles. The van der Waals surface area contributed by atoms with E-state index in [0.717, 1.165) is 56.0 Å². The molecule has 0 amide bonds. The molecule has 4 aromatic carbocycles. The zero-order chi connectivity index (χ0) is 32.1. The molecule has 0 saturated heterocycles. The smallest absolute Gasteiger partial charge is 0.338 e. The first kappa shape index (κ1) is 31.7. The molecule has 1 unspecified atom stereocenters. The molecular formula is C36H36N2O6. The van der Waals surface area contributed by atoms with Crippen molar-refractivity contribution in [3.8, 4) is 40.8 Å². The molecule has 4 aromatic rings. The fourth-order valence-corrected chi connectivity index (χ4v) is 5.56. The lowest BCUT2D eigenvalue weighted by Gasteiger charge is -2.21. The van der Waals surface area contributed by atoms with E-state index in [9.17, 15) is 4.79 Å². The highest BCUT2D eigenvalue weighted by Gasteiger charge is 2.18. The van der Waals surface area contributed by atoms with Crippen molar-refractivity contribution >= 4 is 6.08 Å². The van der Waals surface area contributed by atoms with E-state index in [0.29, 0.717) is 23.0 Å². The zero-order valence-electron chi connectivity index (χ0n) is 26.5. The van der Waals surface area contributed by atoms with Gasteiger partial charge < -0.3 is 14.3 Å². The average Bonchev–Trinajstić information content (AvgIpc) is 2.95. The molecule has 226 valence electrons. The Bertz CT molecular complexity index is 1720. The molecule has 8 heteroatoms. The van der Waals surface area contributed by atoms with Gasteiger partial charge in [0.2, 0.25) is 0 Å². The fourth-order valence-electron chi connectivity index (χ4n) is 5.56. The Balaban J connectivity index is 1.57. The van der Waals surface area contributed by atoms with Gasteiger partial charge in [-0.1, -0.05) is 31.2 Å². The summed E-state index contributed by atoms with van der Waals surface area (Å²) in [7, 11) is 0. The summed E-state index contributed by atoms with van der Waals surface area (Å²) in [5.74, 6) is 4.11. The van der Waals surface area contributed by atoms with Crippen LogP contribution in [0.3, 0.4) is 0 Å². The first-order valence-electron chi connectivity index (χ1n) is 14.2. The lowest BCUT2D eigenvalue weighted by atomic mass is 9.88. The van der Waals surface area contributed by atoms with Gasteiger partial charge in [-0.25, -0.2) is 9.68 Å². The van der Waals surface area contributed by atoms with Crippen LogP contribution in [0.15, 0.2) is 53.7 Å². The van der Waals surface area contributed by atoms with Crippen LogP contribution < -0.4 is 19.2 Å². The van der Waals surface area contributed by atoms with Crippen molar-refractivity contribution in [3.05, 3.63) is 104 Å². The van der Waals surface area contributed by atoms with Crippen molar-refractivity contribution in [1.82, 2.24) is 0 Å². The average molecular weight is 593 g/mol. The van der Waals surface area contributed by atoms with Gasteiger partial charge >= 0.3 is 6.26 Å². The summed E-state index contributed by atoms with van der Waals surface area (Å²) in [5.41, 5.74) is 9.69. The van der Waals surface area contributed by atoms with E-state index < -0.39 is 0 Å². The van der Waals surface area contributed by atoms with Crippen LogP contribution in [0.4, 0.5) is 0 Å². The van der Waals surface area contributed by atoms with Crippen LogP contribution in [0, 0.1) is 66.9 Å². The number of nitrogens with zero attached hydrogens (tertiary/aromatic N) is 2. The summed E-state index contributed by atoms with van der Waals surface area (Å²) in [4.78, 5) is 25.2. The Hall–Kier alpha value is -5.25. The zero-order valence-corrected chi connectivity index (χ0v) is 26.5. The van der Waals surface area contributed by atoms with Gasteiger partial charge in [0.15, 0.2) is 11.5 Å². The van der Waals surface area contributed by atoms with E-state index in [1.54, 1.807) is 0 Å². The molecule has 0 aromatic heterocycles. The van der Waals surface area contributed by atoms with E-state index in [4.69, 9.17) is 24.5 Å². The van der Waals surface area contributed by atoms with Crippen LogP contribution in [0.1, 0.15) is 68.5 Å². The van der Waals surface area contributed by atoms with Crippen molar-refractivity contribution in [3.63, 3.8) is 0 Å². The molecular weight excluding hydrogens is 556 g/mol. The normalized spacial score (nSPS) is 11.2. The number of aryl methyl sites for hydroxylation is 8. The number of carbonyl (C=O) groups excluding carboxylic acids is 1. The molecule has 0 radical (unpaired) electrons. The summed E-state index contributed by atoms with van der Waals surface area (Å²) in [6.07, 6.45) is 2.92. The van der Waals surface area contributed by atoms with E-state index in [-0.39, 0.29) is 5.92 Å². The number of nitriles is 1. The van der Waals surface area contributed by atoms with Gasteiger partial charge in [0, 0.05) is 22.2 Å². The van der Waals surface area contributed by atoms with Gasteiger partial charge in [-0.3, -0.25) is 4.89 Å². The Kier molecular flexibility index (Phi) is 9.63. The van der Waals surface area contributed by atoms with Gasteiger partial charge in [0.1, 0.15) is 23.0 Å². The second-order valence-electron chi connectivity index (χ2n) is 11.2. The van der Waals surface area contributed by atoms with Gasteiger partial charge in [0.05, 0.1) is 0 Å². The molecule has 0 bridgehead atoms. The monoisotopic (exact) mass is 592 g/mol. The first-order valence-corrected chi connectivity index (χ1v) is 14.2. The lowest BCUT2D eigenvalue weighted by Crippen LogP contribution is -2.02. The molecule has 0 heterocycles. The van der Waals surface area contributed by atoms with Crippen molar-refractivity contribution in [2.45, 2.75) is 68.2 Å². The van der Waals surface area contributed by atoms with Crippen LogP contribution in [0.25, 0.3) is 0 Å². The largest absolute Gasteiger partial charge is 0.457 e. The summed E-state index contributed by atoms with van der Waals surface area (Å²) in [6, 6.07) is 16.1. The number of ether oxygens (including phenoxy) is 2. The molecule has 0 fully saturated rings. The van der Waals surface area contributed by atoms with E-state index in [2.05, 4.69) is 68.9 Å². The minimum atomic E-state index is 0.133. The predicted octanol–water partition coefficient (Wildman–Crippen LogP) is 9.31. The van der Waals surface area contributed by atoms with Crippen LogP contribution in [0.5, 0.6) is 34.5 Å². The molecule has 4 rings (SSSR count). The molecule has 0 aliphatic heterocycles. The maximum Gasteiger partial charge on any atom is 0.338 e. The van der Waals surface area contributed by atoms with Crippen molar-refractivity contribution in [2.75, 3.05) is 0 Å². The minimum Gasteiger partial charge on any atom is -0.457 e. The molecule has 0 aliphatic rings. The lowest BCUT2D eigenvalue weighted by molar-refractivity contribution is -0.137. The second-order valence-corrected chi connectivity index (χ2v) is 11.2.